The fourth-order valence-electron chi connectivity index (χ4n) is 3.01. The third-order valence-corrected chi connectivity index (χ3v) is 5.24. The van der Waals surface area contributed by atoms with E-state index in [1.165, 1.54) is 0 Å². The second-order valence-corrected chi connectivity index (χ2v) is 7.18. The Bertz CT molecular complexity index is 552. The van der Waals surface area contributed by atoms with Gasteiger partial charge in [-0.15, -0.1) is 12.4 Å². The quantitative estimate of drug-likeness (QED) is 0.890. The molecule has 0 radical (unpaired) electrons. The number of hydrogen-bond donors (Lipinski definition) is 1. The second-order valence-electron chi connectivity index (χ2n) is 6.33. The SMILES string of the molecule is Cl.NC1(C(=O)N2CCC(Cc3cc(Cl)ccc3Cl)CC2)CC1. The summed E-state index contributed by atoms with van der Waals surface area (Å²) in [7, 11) is 0. The summed E-state index contributed by atoms with van der Waals surface area (Å²) < 4.78 is 0. The van der Waals surface area contributed by atoms with Crippen LogP contribution in [0.25, 0.3) is 0 Å². The molecule has 2 fully saturated rings. The Morgan fingerprint density at radius 3 is 2.50 bits per heavy atom. The maximum atomic E-state index is 12.2. The minimum absolute atomic E-state index is 0. The molecule has 1 aliphatic carbocycles. The number of piperidine rings is 1. The Kier molecular flexibility index (Phi) is 5.65. The molecule has 0 bridgehead atoms. The molecule has 1 aromatic carbocycles. The fraction of sp³-hybridized carbons (Fsp3) is 0.562. The average molecular weight is 364 g/mol. The smallest absolute Gasteiger partial charge is 0.242 e. The number of rotatable bonds is 3. The molecule has 1 heterocycles. The number of carbonyl (C=O) groups is 1. The molecule has 3 nitrogen and oxygen atoms in total. The molecule has 1 aliphatic heterocycles. The molecule has 1 aromatic rings. The molecular formula is C16H21Cl3N2O. The summed E-state index contributed by atoms with van der Waals surface area (Å²) in [6.45, 7) is 1.61. The van der Waals surface area contributed by atoms with E-state index in [4.69, 9.17) is 28.9 Å². The van der Waals surface area contributed by atoms with Crippen molar-refractivity contribution in [3.63, 3.8) is 0 Å². The van der Waals surface area contributed by atoms with Gasteiger partial charge in [-0.1, -0.05) is 23.2 Å². The molecule has 22 heavy (non-hydrogen) atoms. The molecule has 3 rings (SSSR count). The summed E-state index contributed by atoms with van der Waals surface area (Å²) >= 11 is 12.3. The number of hydrogen-bond acceptors (Lipinski definition) is 2. The van der Waals surface area contributed by atoms with Crippen molar-refractivity contribution in [2.24, 2.45) is 11.7 Å². The number of benzene rings is 1. The summed E-state index contributed by atoms with van der Waals surface area (Å²) in [6, 6.07) is 5.61. The molecule has 122 valence electrons. The number of nitrogens with two attached hydrogens (primary N) is 1. The predicted octanol–water partition coefficient (Wildman–Crippen LogP) is 3.69. The largest absolute Gasteiger partial charge is 0.341 e. The maximum absolute atomic E-state index is 12.2. The van der Waals surface area contributed by atoms with E-state index in [0.717, 1.165) is 60.8 Å². The zero-order valence-electron chi connectivity index (χ0n) is 12.4. The molecule has 2 aliphatic rings. The molecule has 0 unspecified atom stereocenters. The van der Waals surface area contributed by atoms with Gasteiger partial charge in [-0.25, -0.2) is 0 Å². The molecule has 0 atom stereocenters. The summed E-state index contributed by atoms with van der Waals surface area (Å²) in [5.41, 5.74) is 6.56. The van der Waals surface area contributed by atoms with Crippen LogP contribution in [0.4, 0.5) is 0 Å². The van der Waals surface area contributed by atoms with Gasteiger partial charge in [-0.05, 0) is 61.8 Å². The third-order valence-electron chi connectivity index (χ3n) is 4.63. The Morgan fingerprint density at radius 1 is 1.27 bits per heavy atom. The molecule has 0 spiro atoms. The van der Waals surface area contributed by atoms with Gasteiger partial charge in [0.05, 0.1) is 5.54 Å². The van der Waals surface area contributed by atoms with Gasteiger partial charge in [0.25, 0.3) is 0 Å². The lowest BCUT2D eigenvalue weighted by Gasteiger charge is -2.33. The van der Waals surface area contributed by atoms with E-state index in [2.05, 4.69) is 0 Å². The molecular weight excluding hydrogens is 343 g/mol. The van der Waals surface area contributed by atoms with Gasteiger partial charge in [0.1, 0.15) is 0 Å². The van der Waals surface area contributed by atoms with Crippen LogP contribution in [0.15, 0.2) is 18.2 Å². The van der Waals surface area contributed by atoms with Crippen molar-refractivity contribution in [2.45, 2.75) is 37.6 Å². The monoisotopic (exact) mass is 362 g/mol. The van der Waals surface area contributed by atoms with Crippen molar-refractivity contribution >= 4 is 41.5 Å². The molecule has 1 amide bonds. The van der Waals surface area contributed by atoms with Crippen LogP contribution in [0, 0.1) is 5.92 Å². The minimum Gasteiger partial charge on any atom is -0.341 e. The number of nitrogens with zero attached hydrogens (tertiary/aromatic N) is 1. The van der Waals surface area contributed by atoms with E-state index in [1.807, 2.05) is 23.1 Å². The topological polar surface area (TPSA) is 46.3 Å². The standard InChI is InChI=1S/C16H20Cl2N2O.ClH/c17-13-1-2-14(18)12(10-13)9-11-3-7-20(8-4-11)15(21)16(19)5-6-16;/h1-2,10-11H,3-9,19H2;1H. The first kappa shape index (κ1) is 17.9. The maximum Gasteiger partial charge on any atom is 0.242 e. The van der Waals surface area contributed by atoms with Crippen LogP contribution >= 0.6 is 35.6 Å². The molecule has 2 N–H and O–H groups in total. The summed E-state index contributed by atoms with van der Waals surface area (Å²) in [5, 5.41) is 1.50. The van der Waals surface area contributed by atoms with Crippen molar-refractivity contribution in [3.8, 4) is 0 Å². The van der Waals surface area contributed by atoms with Gasteiger partial charge in [-0.3, -0.25) is 4.79 Å². The summed E-state index contributed by atoms with van der Waals surface area (Å²) in [5.74, 6) is 0.694. The van der Waals surface area contributed by atoms with E-state index in [-0.39, 0.29) is 18.3 Å². The lowest BCUT2D eigenvalue weighted by molar-refractivity contribution is -0.135. The molecule has 0 aromatic heterocycles. The summed E-state index contributed by atoms with van der Waals surface area (Å²) in [4.78, 5) is 14.1. The van der Waals surface area contributed by atoms with E-state index in [9.17, 15) is 4.79 Å². The lowest BCUT2D eigenvalue weighted by Crippen LogP contribution is -2.48. The van der Waals surface area contributed by atoms with Crippen LogP contribution in [0.5, 0.6) is 0 Å². The Morgan fingerprint density at radius 2 is 1.91 bits per heavy atom. The molecule has 6 heteroatoms. The number of carbonyl (C=O) groups excluding carboxylic acids is 1. The van der Waals surface area contributed by atoms with E-state index in [0.29, 0.717) is 5.92 Å². The Balaban J connectivity index is 0.00000176. The summed E-state index contributed by atoms with van der Waals surface area (Å²) in [6.07, 6.45) is 4.61. The van der Waals surface area contributed by atoms with Crippen molar-refractivity contribution in [1.29, 1.82) is 0 Å². The first-order valence-electron chi connectivity index (χ1n) is 7.50. The highest BCUT2D eigenvalue weighted by molar-refractivity contribution is 6.33. The van der Waals surface area contributed by atoms with Crippen LogP contribution in [-0.2, 0) is 11.2 Å². The third kappa shape index (κ3) is 3.88. The van der Waals surface area contributed by atoms with E-state index >= 15 is 0 Å². The first-order valence-corrected chi connectivity index (χ1v) is 8.26. The number of likely N-dealkylation sites (tertiary alicyclic amines) is 1. The normalized spacial score (nSPS) is 20.4. The molecule has 1 saturated heterocycles. The molecule has 1 saturated carbocycles. The van der Waals surface area contributed by atoms with E-state index < -0.39 is 5.54 Å². The van der Waals surface area contributed by atoms with Gasteiger partial charge in [-0.2, -0.15) is 0 Å². The van der Waals surface area contributed by atoms with Gasteiger partial charge in [0, 0.05) is 23.1 Å². The number of halogens is 3. The zero-order valence-corrected chi connectivity index (χ0v) is 14.7. The first-order chi connectivity index (χ1) is 9.98. The lowest BCUT2D eigenvalue weighted by atomic mass is 9.90. The van der Waals surface area contributed by atoms with Crippen LogP contribution < -0.4 is 5.73 Å². The van der Waals surface area contributed by atoms with Gasteiger partial charge < -0.3 is 10.6 Å². The minimum atomic E-state index is -0.539. The Hall–Kier alpha value is -0.480. The van der Waals surface area contributed by atoms with Crippen LogP contribution in [0.2, 0.25) is 10.0 Å². The zero-order chi connectivity index (χ0) is 15.0. The van der Waals surface area contributed by atoms with Crippen LogP contribution in [0.1, 0.15) is 31.2 Å². The van der Waals surface area contributed by atoms with Gasteiger partial charge in [0.15, 0.2) is 0 Å². The Labute approximate surface area is 147 Å². The van der Waals surface area contributed by atoms with Crippen molar-refractivity contribution in [2.75, 3.05) is 13.1 Å². The van der Waals surface area contributed by atoms with Crippen molar-refractivity contribution in [3.05, 3.63) is 33.8 Å². The van der Waals surface area contributed by atoms with Gasteiger partial charge >= 0.3 is 0 Å². The fourth-order valence-corrected chi connectivity index (χ4v) is 3.40. The number of amides is 1. The predicted molar refractivity (Wildman–Crippen MR) is 92.9 cm³/mol. The van der Waals surface area contributed by atoms with Crippen molar-refractivity contribution < 1.29 is 4.79 Å². The average Bonchev–Trinajstić information content (AvgIpc) is 3.22. The highest BCUT2D eigenvalue weighted by atomic mass is 35.5. The van der Waals surface area contributed by atoms with Crippen LogP contribution in [0.3, 0.4) is 0 Å². The van der Waals surface area contributed by atoms with E-state index in [1.54, 1.807) is 0 Å². The van der Waals surface area contributed by atoms with Gasteiger partial charge in [0.2, 0.25) is 5.91 Å². The second kappa shape index (κ2) is 6.96. The van der Waals surface area contributed by atoms with Crippen LogP contribution in [-0.4, -0.2) is 29.4 Å². The highest BCUT2D eigenvalue weighted by Crippen LogP contribution is 2.35. The van der Waals surface area contributed by atoms with Crippen molar-refractivity contribution in [1.82, 2.24) is 4.90 Å². The highest BCUT2D eigenvalue weighted by Gasteiger charge is 2.48.